The molecule has 3 nitrogen and oxygen atoms in total. The summed E-state index contributed by atoms with van der Waals surface area (Å²) in [6.45, 7) is 10.6. The number of benzene rings is 4. The molecule has 0 saturated carbocycles. The van der Waals surface area contributed by atoms with Gasteiger partial charge in [0.05, 0.1) is 13.7 Å². The molecule has 0 aliphatic rings. The van der Waals surface area contributed by atoms with Crippen LogP contribution in [0.25, 0.3) is 44.5 Å². The van der Waals surface area contributed by atoms with E-state index in [0.717, 1.165) is 50.0 Å². The molecule has 0 bridgehead atoms. The first-order chi connectivity index (χ1) is 22.8. The molecule has 46 heavy (non-hydrogen) atoms. The van der Waals surface area contributed by atoms with E-state index in [1.807, 2.05) is 111 Å². The molecule has 0 unspecified atom stereocenters. The van der Waals surface area contributed by atoms with Crippen molar-refractivity contribution in [1.29, 1.82) is 0 Å². The summed E-state index contributed by atoms with van der Waals surface area (Å²) in [5.41, 5.74) is 7.09. The molecule has 5 heteroatoms. The molecule has 0 fully saturated rings. The summed E-state index contributed by atoms with van der Waals surface area (Å²) in [7, 11) is -1.41. The minimum absolute atomic E-state index is 0. The summed E-state index contributed by atoms with van der Waals surface area (Å²) in [5.74, 6) is -0.649. The molecule has 1 radical (unpaired) electrons. The summed E-state index contributed by atoms with van der Waals surface area (Å²) in [6.07, 6.45) is 2.09. The molecular formula is C41H38IrN2OSi-2. The van der Waals surface area contributed by atoms with E-state index in [-0.39, 0.29) is 20.1 Å². The SMILES string of the molecule is [2H]C(C)(C)c1ccnc(-c2[c-]cc3oc4ccccc4c3c2)c1.[2H]C([2H])(c1ccccc1)c1ccc[c-]c1-c1ccc([Si](C)(C)C)cn1.[Ir]. The van der Waals surface area contributed by atoms with Gasteiger partial charge in [0, 0.05) is 42.0 Å². The Hall–Kier alpha value is -4.15. The van der Waals surface area contributed by atoms with Gasteiger partial charge in [-0.25, -0.2) is 0 Å². The van der Waals surface area contributed by atoms with Crippen LogP contribution in [0.1, 0.15) is 40.5 Å². The van der Waals surface area contributed by atoms with Gasteiger partial charge in [-0.15, -0.1) is 59.2 Å². The Bertz CT molecular complexity index is 2190. The minimum atomic E-state index is -1.60. The van der Waals surface area contributed by atoms with E-state index in [1.165, 1.54) is 5.19 Å². The first-order valence-corrected chi connectivity index (χ1v) is 18.7. The first kappa shape index (κ1) is 29.3. The van der Waals surface area contributed by atoms with Gasteiger partial charge in [0.2, 0.25) is 0 Å². The normalized spacial score (nSPS) is 12.8. The zero-order chi connectivity index (χ0) is 34.1. The third-order valence-corrected chi connectivity index (χ3v) is 9.75. The van der Waals surface area contributed by atoms with E-state index in [1.54, 1.807) is 6.20 Å². The smallest absolute Gasteiger partial charge is 0.120 e. The number of furan rings is 1. The second kappa shape index (κ2) is 14.5. The van der Waals surface area contributed by atoms with Crippen molar-refractivity contribution >= 4 is 35.2 Å². The zero-order valence-electron chi connectivity index (χ0n) is 29.7. The van der Waals surface area contributed by atoms with Crippen LogP contribution < -0.4 is 5.19 Å². The Morgan fingerprint density at radius 1 is 0.804 bits per heavy atom. The molecule has 233 valence electrons. The molecule has 7 aromatic rings. The molecule has 3 aromatic heterocycles. The average Bonchev–Trinajstić information content (AvgIpc) is 3.46. The molecule has 3 heterocycles. The van der Waals surface area contributed by atoms with Gasteiger partial charge in [-0.2, -0.15) is 0 Å². The summed E-state index contributed by atoms with van der Waals surface area (Å²) >= 11 is 0. The van der Waals surface area contributed by atoms with Crippen LogP contribution in [0.3, 0.4) is 0 Å². The Morgan fingerprint density at radius 2 is 1.59 bits per heavy atom. The number of para-hydroxylation sites is 1. The third kappa shape index (κ3) is 7.62. The van der Waals surface area contributed by atoms with Crippen LogP contribution in [0.15, 0.2) is 126 Å². The van der Waals surface area contributed by atoms with Gasteiger partial charge in [-0.1, -0.05) is 117 Å². The molecule has 0 aliphatic carbocycles. The summed E-state index contributed by atoms with van der Waals surface area (Å²) in [4.78, 5) is 9.07. The van der Waals surface area contributed by atoms with Crippen molar-refractivity contribution in [1.82, 2.24) is 9.97 Å². The van der Waals surface area contributed by atoms with Crippen molar-refractivity contribution in [3.05, 3.63) is 150 Å². The standard InChI is InChI=1S/C21H22NSi.C20H16NO.Ir/c1-23(2,3)19-13-14-21(22-16-19)20-12-8-7-11-18(20)15-17-9-5-4-6-10-17;1-13(2)14-9-10-21-18(12-14)15-7-8-20-17(11-15)16-5-3-4-6-19(16)22-20;/h4-11,13-14,16H,15H2,1-3H3;3-6,8-13H,1-2H3;/q2*-1;/i15D2;13D;. The van der Waals surface area contributed by atoms with Gasteiger partial charge in [-0.05, 0) is 41.0 Å². The van der Waals surface area contributed by atoms with E-state index in [2.05, 4.69) is 59.9 Å². The average molecular weight is 798 g/mol. The van der Waals surface area contributed by atoms with Gasteiger partial charge in [-0.3, -0.25) is 0 Å². The first-order valence-electron chi connectivity index (χ1n) is 16.7. The summed E-state index contributed by atoms with van der Waals surface area (Å²) < 4.78 is 31.4. The molecule has 0 amide bonds. The maximum atomic E-state index is 8.67. The van der Waals surface area contributed by atoms with Crippen LogP contribution in [-0.4, -0.2) is 18.0 Å². The second-order valence-corrected chi connectivity index (χ2v) is 17.4. The fourth-order valence-corrected chi connectivity index (χ4v) is 6.16. The molecule has 0 aliphatic heterocycles. The van der Waals surface area contributed by atoms with E-state index < -0.39 is 20.3 Å². The zero-order valence-corrected chi connectivity index (χ0v) is 30.1. The Balaban J connectivity index is 0.000000188. The molecule has 0 saturated heterocycles. The van der Waals surface area contributed by atoms with Crippen LogP contribution in [0.5, 0.6) is 0 Å². The molecule has 0 spiro atoms. The number of rotatable bonds is 6. The molecular weight excluding hydrogens is 757 g/mol. The molecule has 7 rings (SSSR count). The van der Waals surface area contributed by atoms with Crippen LogP contribution >= 0.6 is 0 Å². The largest absolute Gasteiger partial charge is 0.500 e. The third-order valence-electron chi connectivity index (χ3n) is 7.72. The molecule has 0 atom stereocenters. The Morgan fingerprint density at radius 3 is 2.33 bits per heavy atom. The predicted octanol–water partition coefficient (Wildman–Crippen LogP) is 10.3. The second-order valence-electron chi connectivity index (χ2n) is 12.3. The van der Waals surface area contributed by atoms with Crippen molar-refractivity contribution in [2.75, 3.05) is 0 Å². The monoisotopic (exact) mass is 798 g/mol. The van der Waals surface area contributed by atoms with Gasteiger partial charge in [0.1, 0.15) is 5.58 Å². The Labute approximate surface area is 291 Å². The van der Waals surface area contributed by atoms with Gasteiger partial charge < -0.3 is 14.4 Å². The fraction of sp³-hybridized carbons (Fsp3) is 0.171. The summed E-state index contributed by atoms with van der Waals surface area (Å²) in [5, 5.41) is 3.45. The maximum Gasteiger partial charge on any atom is 0.120 e. The number of aromatic nitrogens is 2. The van der Waals surface area contributed by atoms with E-state index >= 15 is 0 Å². The molecule has 4 aromatic carbocycles. The van der Waals surface area contributed by atoms with E-state index in [0.29, 0.717) is 11.1 Å². The van der Waals surface area contributed by atoms with Crippen molar-refractivity contribution in [3.8, 4) is 22.5 Å². The van der Waals surface area contributed by atoms with Crippen LogP contribution in [-0.2, 0) is 26.5 Å². The number of hydrogen-bond donors (Lipinski definition) is 0. The minimum Gasteiger partial charge on any atom is -0.500 e. The van der Waals surface area contributed by atoms with Gasteiger partial charge in [0.25, 0.3) is 0 Å². The summed E-state index contributed by atoms with van der Waals surface area (Å²) in [6, 6.07) is 41.1. The predicted molar refractivity (Wildman–Crippen MR) is 191 cm³/mol. The van der Waals surface area contributed by atoms with E-state index in [9.17, 15) is 0 Å². The number of hydrogen-bond acceptors (Lipinski definition) is 3. The Kier molecular flexibility index (Phi) is 9.23. The van der Waals surface area contributed by atoms with Gasteiger partial charge in [0.15, 0.2) is 0 Å². The van der Waals surface area contributed by atoms with Crippen LogP contribution in [0.2, 0.25) is 19.6 Å². The number of fused-ring (bicyclic) bond motifs is 3. The number of pyridine rings is 2. The fourth-order valence-electron chi connectivity index (χ4n) is 5.12. The van der Waals surface area contributed by atoms with E-state index in [4.69, 9.17) is 8.53 Å². The van der Waals surface area contributed by atoms with Crippen molar-refractivity contribution < 1.29 is 28.6 Å². The van der Waals surface area contributed by atoms with Crippen molar-refractivity contribution in [2.24, 2.45) is 0 Å². The van der Waals surface area contributed by atoms with Gasteiger partial charge >= 0.3 is 0 Å². The van der Waals surface area contributed by atoms with Crippen LogP contribution in [0, 0.1) is 12.1 Å². The van der Waals surface area contributed by atoms with Crippen LogP contribution in [0.4, 0.5) is 0 Å². The van der Waals surface area contributed by atoms with Crippen molar-refractivity contribution in [2.45, 2.75) is 45.8 Å². The molecule has 0 N–H and O–H groups in total. The van der Waals surface area contributed by atoms with Crippen molar-refractivity contribution in [3.63, 3.8) is 0 Å². The number of nitrogens with zero attached hydrogens (tertiary/aromatic N) is 2. The topological polar surface area (TPSA) is 38.9 Å². The maximum absolute atomic E-state index is 8.67. The quantitative estimate of drug-likeness (QED) is 0.124.